The second-order valence-corrected chi connectivity index (χ2v) is 3.35. The van der Waals surface area contributed by atoms with Gasteiger partial charge < -0.3 is 10.6 Å². The van der Waals surface area contributed by atoms with Crippen molar-refractivity contribution < 1.29 is 0 Å². The Kier molecular flexibility index (Phi) is 4.32. The van der Waals surface area contributed by atoms with Crippen molar-refractivity contribution in [2.24, 2.45) is 5.73 Å². The number of aromatic nitrogens is 2. The molecule has 0 amide bonds. The summed E-state index contributed by atoms with van der Waals surface area (Å²) in [5.41, 5.74) is 6.27. The van der Waals surface area contributed by atoms with Gasteiger partial charge >= 0.3 is 0 Å². The molecule has 0 aliphatic heterocycles. The second-order valence-electron chi connectivity index (χ2n) is 3.35. The maximum absolute atomic E-state index is 5.44. The van der Waals surface area contributed by atoms with Gasteiger partial charge in [-0.05, 0) is 6.42 Å². The molecule has 0 fully saturated rings. The molecule has 4 nitrogen and oxygen atoms in total. The highest BCUT2D eigenvalue weighted by molar-refractivity contribution is 5.34. The average molecular weight is 194 g/mol. The van der Waals surface area contributed by atoms with Gasteiger partial charge in [0.15, 0.2) is 0 Å². The molecule has 2 N–H and O–H groups in total. The predicted molar refractivity (Wildman–Crippen MR) is 58.1 cm³/mol. The molecule has 0 radical (unpaired) electrons. The molecule has 0 spiro atoms. The van der Waals surface area contributed by atoms with E-state index in [1.54, 1.807) is 12.4 Å². The lowest BCUT2D eigenvalue weighted by Crippen LogP contribution is -2.20. The summed E-state index contributed by atoms with van der Waals surface area (Å²) in [6.45, 7) is 3.65. The quantitative estimate of drug-likeness (QED) is 0.764. The molecule has 1 heterocycles. The number of hydrogen-bond acceptors (Lipinski definition) is 4. The summed E-state index contributed by atoms with van der Waals surface area (Å²) < 4.78 is 0. The smallest absolute Gasteiger partial charge is 0.146 e. The number of nitrogens with two attached hydrogens (primary N) is 1. The topological polar surface area (TPSA) is 55.0 Å². The van der Waals surface area contributed by atoms with E-state index >= 15 is 0 Å². The molecule has 0 atom stereocenters. The average Bonchev–Trinajstić information content (AvgIpc) is 2.26. The van der Waals surface area contributed by atoms with E-state index in [0.29, 0.717) is 6.54 Å². The van der Waals surface area contributed by atoms with Gasteiger partial charge in [-0.3, -0.25) is 4.98 Å². The summed E-state index contributed by atoms with van der Waals surface area (Å²) >= 11 is 0. The summed E-state index contributed by atoms with van der Waals surface area (Å²) in [5, 5.41) is 0. The molecular formula is C10H18N4. The monoisotopic (exact) mass is 194 g/mol. The maximum Gasteiger partial charge on any atom is 0.146 e. The fourth-order valence-electron chi connectivity index (χ4n) is 1.16. The van der Waals surface area contributed by atoms with E-state index < -0.39 is 0 Å². The molecule has 0 aromatic carbocycles. The first-order valence-corrected chi connectivity index (χ1v) is 5.00. The highest BCUT2D eigenvalue weighted by Crippen LogP contribution is 2.07. The van der Waals surface area contributed by atoms with Crippen LogP contribution in [0.1, 0.15) is 25.5 Å². The van der Waals surface area contributed by atoms with Gasteiger partial charge in [-0.2, -0.15) is 0 Å². The largest absolute Gasteiger partial charge is 0.358 e. The van der Waals surface area contributed by atoms with E-state index in [-0.39, 0.29) is 0 Å². The third-order valence-corrected chi connectivity index (χ3v) is 2.14. The summed E-state index contributed by atoms with van der Waals surface area (Å²) in [7, 11) is 2.03. The van der Waals surface area contributed by atoms with Crippen LogP contribution in [0.5, 0.6) is 0 Å². The summed E-state index contributed by atoms with van der Waals surface area (Å²) in [6.07, 6.45) is 5.88. The number of nitrogens with zero attached hydrogens (tertiary/aromatic N) is 3. The van der Waals surface area contributed by atoms with Crippen LogP contribution in [-0.4, -0.2) is 23.6 Å². The standard InChI is InChI=1S/C10H18N4/c1-3-4-5-14(2)10-8-12-9(6-11)7-13-10/h7-8H,3-6,11H2,1-2H3. The third-order valence-electron chi connectivity index (χ3n) is 2.14. The highest BCUT2D eigenvalue weighted by atomic mass is 15.2. The summed E-state index contributed by atoms with van der Waals surface area (Å²) in [4.78, 5) is 10.6. The van der Waals surface area contributed by atoms with Gasteiger partial charge in [0.1, 0.15) is 5.82 Å². The van der Waals surface area contributed by atoms with Crippen molar-refractivity contribution in [3.63, 3.8) is 0 Å². The molecule has 78 valence electrons. The van der Waals surface area contributed by atoms with Crippen molar-refractivity contribution >= 4 is 5.82 Å². The van der Waals surface area contributed by atoms with Gasteiger partial charge in [-0.15, -0.1) is 0 Å². The third kappa shape index (κ3) is 2.96. The van der Waals surface area contributed by atoms with Crippen LogP contribution in [0.15, 0.2) is 12.4 Å². The zero-order valence-electron chi connectivity index (χ0n) is 8.90. The first-order chi connectivity index (χ1) is 6.77. The lowest BCUT2D eigenvalue weighted by atomic mass is 10.3. The maximum atomic E-state index is 5.44. The minimum absolute atomic E-state index is 0.450. The van der Waals surface area contributed by atoms with Crippen LogP contribution in [0.25, 0.3) is 0 Å². The fraction of sp³-hybridized carbons (Fsp3) is 0.600. The number of rotatable bonds is 5. The van der Waals surface area contributed by atoms with E-state index in [4.69, 9.17) is 5.73 Å². The van der Waals surface area contributed by atoms with Crippen LogP contribution in [-0.2, 0) is 6.54 Å². The molecule has 0 unspecified atom stereocenters. The predicted octanol–water partition coefficient (Wildman–Crippen LogP) is 1.17. The number of hydrogen-bond donors (Lipinski definition) is 1. The molecule has 0 aliphatic carbocycles. The van der Waals surface area contributed by atoms with Crippen molar-refractivity contribution in [2.75, 3.05) is 18.5 Å². The molecule has 1 rings (SSSR count). The van der Waals surface area contributed by atoms with Gasteiger partial charge in [-0.1, -0.05) is 13.3 Å². The van der Waals surface area contributed by atoms with Crippen LogP contribution in [0.2, 0.25) is 0 Å². The number of unbranched alkanes of at least 4 members (excludes halogenated alkanes) is 1. The zero-order chi connectivity index (χ0) is 10.4. The normalized spacial score (nSPS) is 10.2. The number of anilines is 1. The van der Waals surface area contributed by atoms with Crippen molar-refractivity contribution in [3.05, 3.63) is 18.1 Å². The lowest BCUT2D eigenvalue weighted by molar-refractivity contribution is 0.756. The molecule has 1 aromatic rings. The Hall–Kier alpha value is -1.16. The minimum atomic E-state index is 0.450. The molecule has 4 heteroatoms. The van der Waals surface area contributed by atoms with Crippen molar-refractivity contribution in [3.8, 4) is 0 Å². The van der Waals surface area contributed by atoms with E-state index in [1.165, 1.54) is 12.8 Å². The van der Waals surface area contributed by atoms with Crippen LogP contribution >= 0.6 is 0 Å². The Bertz CT molecular complexity index is 257. The Morgan fingerprint density at radius 1 is 1.36 bits per heavy atom. The Morgan fingerprint density at radius 2 is 2.14 bits per heavy atom. The van der Waals surface area contributed by atoms with E-state index in [9.17, 15) is 0 Å². The molecule has 0 saturated carbocycles. The summed E-state index contributed by atoms with van der Waals surface area (Å²) in [5.74, 6) is 0.913. The van der Waals surface area contributed by atoms with Crippen molar-refractivity contribution in [1.29, 1.82) is 0 Å². The van der Waals surface area contributed by atoms with Crippen molar-refractivity contribution in [1.82, 2.24) is 9.97 Å². The van der Waals surface area contributed by atoms with Crippen molar-refractivity contribution in [2.45, 2.75) is 26.3 Å². The fourth-order valence-corrected chi connectivity index (χ4v) is 1.16. The first-order valence-electron chi connectivity index (χ1n) is 5.00. The van der Waals surface area contributed by atoms with Crippen LogP contribution in [0.3, 0.4) is 0 Å². The molecule has 0 saturated heterocycles. The van der Waals surface area contributed by atoms with Crippen LogP contribution in [0, 0.1) is 0 Å². The first kappa shape index (κ1) is 10.9. The lowest BCUT2D eigenvalue weighted by Gasteiger charge is -2.16. The summed E-state index contributed by atoms with van der Waals surface area (Å²) in [6, 6.07) is 0. The van der Waals surface area contributed by atoms with Gasteiger partial charge in [0.25, 0.3) is 0 Å². The molecule has 0 bridgehead atoms. The second kappa shape index (κ2) is 5.54. The highest BCUT2D eigenvalue weighted by Gasteiger charge is 2.01. The zero-order valence-corrected chi connectivity index (χ0v) is 8.90. The van der Waals surface area contributed by atoms with Gasteiger partial charge in [0.05, 0.1) is 18.1 Å². The van der Waals surface area contributed by atoms with Crippen LogP contribution < -0.4 is 10.6 Å². The SMILES string of the molecule is CCCCN(C)c1cnc(CN)cn1. The Morgan fingerprint density at radius 3 is 2.64 bits per heavy atom. The van der Waals surface area contributed by atoms with Gasteiger partial charge in [0, 0.05) is 20.1 Å². The van der Waals surface area contributed by atoms with E-state index in [0.717, 1.165) is 18.1 Å². The minimum Gasteiger partial charge on any atom is -0.358 e. The molecule has 1 aromatic heterocycles. The van der Waals surface area contributed by atoms with Crippen LogP contribution in [0.4, 0.5) is 5.82 Å². The van der Waals surface area contributed by atoms with Gasteiger partial charge in [0.2, 0.25) is 0 Å². The van der Waals surface area contributed by atoms with E-state index in [1.807, 2.05) is 7.05 Å². The Balaban J connectivity index is 2.57. The Labute approximate surface area is 85.2 Å². The molecular weight excluding hydrogens is 176 g/mol. The molecule has 0 aliphatic rings. The van der Waals surface area contributed by atoms with E-state index in [2.05, 4.69) is 21.8 Å². The van der Waals surface area contributed by atoms with Gasteiger partial charge in [-0.25, -0.2) is 4.98 Å². The molecule has 14 heavy (non-hydrogen) atoms.